The third kappa shape index (κ3) is 24.6. The molecule has 35 heavy (non-hydrogen) atoms. The number of carbonyl (C=O) groups excluding carboxylic acids is 2. The first-order valence-electron chi connectivity index (χ1n) is 13.6. The minimum absolute atomic E-state index is 0. The maximum atomic E-state index is 12.1. The Kier molecular flexibility index (Phi) is 28.1. The molecule has 0 saturated carbocycles. The van der Waals surface area contributed by atoms with Crippen molar-refractivity contribution in [1.29, 1.82) is 0 Å². The van der Waals surface area contributed by atoms with E-state index in [1.165, 1.54) is 64.2 Å². The maximum absolute atomic E-state index is 12.1. The Balaban J connectivity index is -0.00000544. The molecule has 0 radical (unpaired) electrons. The van der Waals surface area contributed by atoms with E-state index in [1.54, 1.807) is 0 Å². The van der Waals surface area contributed by atoms with Crippen LogP contribution in [0.5, 0.6) is 0 Å². The molecule has 0 aromatic heterocycles. The second-order valence-corrected chi connectivity index (χ2v) is 10.9. The number of esters is 2. The molecule has 0 aromatic rings. The first-order valence-corrected chi connectivity index (χ1v) is 15.1. The van der Waals surface area contributed by atoms with E-state index in [9.17, 15) is 22.6 Å². The van der Waals surface area contributed by atoms with Crippen LogP contribution >= 0.6 is 0 Å². The van der Waals surface area contributed by atoms with Crippen molar-refractivity contribution in [1.82, 2.24) is 0 Å². The molecular formula is C26H51KO7S. The Bertz CT molecular complexity index is 617. The van der Waals surface area contributed by atoms with Crippen molar-refractivity contribution in [3.63, 3.8) is 0 Å². The van der Waals surface area contributed by atoms with Gasteiger partial charge in [0.25, 0.3) is 10.1 Å². The summed E-state index contributed by atoms with van der Waals surface area (Å²) in [5.41, 5.74) is 0. The molecule has 7 nitrogen and oxygen atoms in total. The molecule has 1 unspecified atom stereocenters. The average Bonchev–Trinajstić information content (AvgIpc) is 2.79. The standard InChI is InChI=1S/C26H50O7S.K.H/c1-3-5-7-9-11-13-15-17-19-21-32-25(27)23-24(34(29,30)31)26(28)33-22-20-18-16-14-12-10-8-6-4-2;;/h24H,3-23H2,1-2H3,(H,29,30,31);;/q;+1;-1. The summed E-state index contributed by atoms with van der Waals surface area (Å²) in [6, 6.07) is 0. The van der Waals surface area contributed by atoms with Crippen LogP contribution < -0.4 is 51.4 Å². The van der Waals surface area contributed by atoms with E-state index in [0.29, 0.717) is 12.8 Å². The van der Waals surface area contributed by atoms with Crippen molar-refractivity contribution in [2.75, 3.05) is 13.2 Å². The van der Waals surface area contributed by atoms with Crippen molar-refractivity contribution < 1.29 is 84.8 Å². The molecule has 0 aliphatic heterocycles. The van der Waals surface area contributed by atoms with Gasteiger partial charge in [-0.05, 0) is 12.8 Å². The Hall–Kier alpha value is 0.486. The molecule has 1 atom stereocenters. The largest absolute Gasteiger partial charge is 1.00 e. The van der Waals surface area contributed by atoms with Crippen molar-refractivity contribution in [2.45, 2.75) is 141 Å². The Morgan fingerprint density at radius 2 is 1.00 bits per heavy atom. The fourth-order valence-corrected chi connectivity index (χ4v) is 4.46. The summed E-state index contributed by atoms with van der Waals surface area (Å²) in [4.78, 5) is 24.1. The molecule has 204 valence electrons. The third-order valence-electron chi connectivity index (χ3n) is 5.98. The maximum Gasteiger partial charge on any atom is 1.00 e. The number of rotatable bonds is 24. The van der Waals surface area contributed by atoms with E-state index < -0.39 is 33.7 Å². The van der Waals surface area contributed by atoms with Gasteiger partial charge >= 0.3 is 63.3 Å². The Labute approximate surface area is 258 Å². The molecule has 0 fully saturated rings. The third-order valence-corrected chi connectivity index (χ3v) is 7.06. The molecule has 0 saturated heterocycles. The van der Waals surface area contributed by atoms with Crippen LogP contribution in [0.3, 0.4) is 0 Å². The molecule has 1 N–H and O–H groups in total. The Morgan fingerprint density at radius 3 is 1.37 bits per heavy atom. The quantitative estimate of drug-likeness (QED) is 0.0847. The normalized spacial score (nSPS) is 12.1. The number of hydrogen-bond donors (Lipinski definition) is 1. The zero-order valence-electron chi connectivity index (χ0n) is 23.7. The average molecular weight is 547 g/mol. The van der Waals surface area contributed by atoms with Crippen LogP contribution in [0.1, 0.15) is 137 Å². The van der Waals surface area contributed by atoms with Crippen molar-refractivity contribution in [2.24, 2.45) is 0 Å². The van der Waals surface area contributed by atoms with Crippen molar-refractivity contribution >= 4 is 22.1 Å². The van der Waals surface area contributed by atoms with Gasteiger partial charge in [0.2, 0.25) is 0 Å². The summed E-state index contributed by atoms with van der Waals surface area (Å²) in [5.74, 6) is -1.91. The second-order valence-electron chi connectivity index (χ2n) is 9.25. The molecule has 0 amide bonds. The van der Waals surface area contributed by atoms with Gasteiger partial charge in [-0.1, -0.05) is 117 Å². The number of carbonyl (C=O) groups is 2. The summed E-state index contributed by atoms with van der Waals surface area (Å²) >= 11 is 0. The summed E-state index contributed by atoms with van der Waals surface area (Å²) < 4.78 is 42.6. The second kappa shape index (κ2) is 26.1. The van der Waals surface area contributed by atoms with E-state index in [0.717, 1.165) is 38.5 Å². The Morgan fingerprint density at radius 1 is 0.657 bits per heavy atom. The minimum Gasteiger partial charge on any atom is -1.00 e. The minimum atomic E-state index is -4.75. The van der Waals surface area contributed by atoms with Crippen LogP contribution in [-0.2, 0) is 29.2 Å². The van der Waals surface area contributed by atoms with Gasteiger partial charge in [-0.2, -0.15) is 8.42 Å². The van der Waals surface area contributed by atoms with E-state index in [4.69, 9.17) is 9.47 Å². The van der Waals surface area contributed by atoms with Gasteiger partial charge in [-0.25, -0.2) is 0 Å². The smallest absolute Gasteiger partial charge is 1.00 e. The molecule has 0 aliphatic carbocycles. The number of hydrogen-bond acceptors (Lipinski definition) is 6. The van der Waals surface area contributed by atoms with Crippen molar-refractivity contribution in [3.8, 4) is 0 Å². The fraction of sp³-hybridized carbons (Fsp3) is 0.923. The van der Waals surface area contributed by atoms with E-state index in [-0.39, 0.29) is 66.0 Å². The first-order chi connectivity index (χ1) is 16.3. The van der Waals surface area contributed by atoms with Gasteiger partial charge in [-0.15, -0.1) is 0 Å². The van der Waals surface area contributed by atoms with Crippen LogP contribution in [0.2, 0.25) is 0 Å². The van der Waals surface area contributed by atoms with Crippen LogP contribution in [0, 0.1) is 0 Å². The van der Waals surface area contributed by atoms with E-state index in [2.05, 4.69) is 13.8 Å². The molecule has 0 spiro atoms. The summed E-state index contributed by atoms with van der Waals surface area (Å²) in [6.07, 6.45) is 19.3. The predicted molar refractivity (Wildman–Crippen MR) is 137 cm³/mol. The SMILES string of the molecule is CCCCCCCCCCCOC(=O)CC(C(=O)OCCCCCCCCCCC)S(=O)(=O)O.[H-].[K+]. The van der Waals surface area contributed by atoms with Crippen LogP contribution in [-0.4, -0.2) is 43.4 Å². The molecule has 0 aliphatic rings. The zero-order valence-corrected chi connectivity index (χ0v) is 26.7. The predicted octanol–water partition coefficient (Wildman–Crippen LogP) is 3.90. The molecule has 0 bridgehead atoms. The van der Waals surface area contributed by atoms with Crippen molar-refractivity contribution in [3.05, 3.63) is 0 Å². The van der Waals surface area contributed by atoms with Gasteiger partial charge in [0.15, 0.2) is 5.25 Å². The summed E-state index contributed by atoms with van der Waals surface area (Å²) in [5, 5.41) is -1.93. The topological polar surface area (TPSA) is 107 Å². The van der Waals surface area contributed by atoms with Gasteiger partial charge in [0.1, 0.15) is 0 Å². The van der Waals surface area contributed by atoms with E-state index in [1.807, 2.05) is 0 Å². The van der Waals surface area contributed by atoms with Gasteiger partial charge in [0.05, 0.1) is 19.6 Å². The zero-order chi connectivity index (χ0) is 25.5. The number of ether oxygens (including phenoxy) is 2. The first kappa shape index (κ1) is 37.6. The number of unbranched alkanes of at least 4 members (excludes halogenated alkanes) is 16. The van der Waals surface area contributed by atoms with Crippen LogP contribution in [0.15, 0.2) is 0 Å². The van der Waals surface area contributed by atoms with Gasteiger partial charge < -0.3 is 10.9 Å². The fourth-order valence-electron chi connectivity index (χ4n) is 3.80. The summed E-state index contributed by atoms with van der Waals surface area (Å²) in [7, 11) is -4.75. The summed E-state index contributed by atoms with van der Waals surface area (Å²) in [6.45, 7) is 4.64. The molecule has 0 rings (SSSR count). The monoisotopic (exact) mass is 546 g/mol. The molecular weight excluding hydrogens is 495 g/mol. The molecule has 0 aromatic carbocycles. The molecule has 9 heteroatoms. The van der Waals surface area contributed by atoms with Crippen LogP contribution in [0.4, 0.5) is 0 Å². The van der Waals surface area contributed by atoms with E-state index >= 15 is 0 Å². The van der Waals surface area contributed by atoms with Gasteiger partial charge in [0, 0.05) is 0 Å². The molecule has 0 heterocycles. The van der Waals surface area contributed by atoms with Crippen LogP contribution in [0.25, 0.3) is 0 Å². The van der Waals surface area contributed by atoms with Gasteiger partial charge in [-0.3, -0.25) is 14.1 Å².